The molecule has 174 valence electrons. The van der Waals surface area contributed by atoms with Crippen LogP contribution in [0.5, 0.6) is 0 Å². The normalized spacial score (nSPS) is 19.2. The Hall–Kier alpha value is -3.01. The highest BCUT2D eigenvalue weighted by Crippen LogP contribution is 2.39. The Labute approximate surface area is 196 Å². The van der Waals surface area contributed by atoms with Gasteiger partial charge in [-0.3, -0.25) is 14.5 Å². The smallest absolute Gasteiger partial charge is 0.337 e. The van der Waals surface area contributed by atoms with Crippen molar-refractivity contribution < 1.29 is 29.0 Å². The first kappa shape index (κ1) is 23.2. The number of carbonyl (C=O) groups excluding carboxylic acids is 3. The van der Waals surface area contributed by atoms with Crippen molar-refractivity contribution >= 4 is 29.0 Å². The summed E-state index contributed by atoms with van der Waals surface area (Å²) >= 11 is 1.26. The van der Waals surface area contributed by atoms with Crippen LogP contribution in [0.15, 0.2) is 53.1 Å². The predicted molar refractivity (Wildman–Crippen MR) is 122 cm³/mol. The average Bonchev–Trinajstić information content (AvgIpc) is 3.47. The van der Waals surface area contributed by atoms with Crippen molar-refractivity contribution in [3.05, 3.63) is 69.1 Å². The third-order valence-electron chi connectivity index (χ3n) is 5.92. The number of carbonyl (C=O) groups is 3. The molecule has 9 heteroatoms. The van der Waals surface area contributed by atoms with Crippen LogP contribution in [0.1, 0.15) is 38.1 Å². The number of Topliss-reactive ketones (excluding diaryl/α,β-unsaturated/α-hetero) is 1. The van der Waals surface area contributed by atoms with E-state index in [1.807, 2.05) is 0 Å². The van der Waals surface area contributed by atoms with Crippen LogP contribution in [0.2, 0.25) is 0 Å². The minimum atomic E-state index is -0.733. The zero-order valence-electron chi connectivity index (χ0n) is 18.4. The summed E-state index contributed by atoms with van der Waals surface area (Å²) in [5, 5.41) is 12.5. The van der Waals surface area contributed by atoms with Gasteiger partial charge < -0.3 is 19.5 Å². The van der Waals surface area contributed by atoms with Gasteiger partial charge in [-0.2, -0.15) is 0 Å². The Balaban J connectivity index is 1.61. The van der Waals surface area contributed by atoms with Gasteiger partial charge in [0.05, 0.1) is 42.4 Å². The summed E-state index contributed by atoms with van der Waals surface area (Å²) in [7, 11) is 1.31. The molecular formula is C24H26N2O6S. The van der Waals surface area contributed by atoms with Crippen molar-refractivity contribution in [2.45, 2.75) is 12.5 Å². The Morgan fingerprint density at radius 3 is 2.52 bits per heavy atom. The zero-order valence-corrected chi connectivity index (χ0v) is 19.2. The van der Waals surface area contributed by atoms with Gasteiger partial charge in [0.1, 0.15) is 0 Å². The molecule has 0 unspecified atom stereocenters. The molecule has 33 heavy (non-hydrogen) atoms. The van der Waals surface area contributed by atoms with E-state index in [4.69, 9.17) is 9.47 Å². The summed E-state index contributed by atoms with van der Waals surface area (Å²) in [6.45, 7) is 4.25. The van der Waals surface area contributed by atoms with Crippen molar-refractivity contribution in [3.63, 3.8) is 0 Å². The fourth-order valence-electron chi connectivity index (χ4n) is 4.21. The molecule has 2 aromatic rings. The van der Waals surface area contributed by atoms with E-state index < -0.39 is 23.7 Å². The minimum Gasteiger partial charge on any atom is -0.503 e. The van der Waals surface area contributed by atoms with Crippen LogP contribution in [0, 0.1) is 0 Å². The van der Waals surface area contributed by atoms with E-state index in [1.54, 1.807) is 46.7 Å². The second kappa shape index (κ2) is 10.3. The molecule has 0 bridgehead atoms. The van der Waals surface area contributed by atoms with E-state index in [-0.39, 0.29) is 11.4 Å². The van der Waals surface area contributed by atoms with E-state index in [9.17, 15) is 19.5 Å². The number of esters is 1. The summed E-state index contributed by atoms with van der Waals surface area (Å²) in [5.74, 6) is -1.91. The van der Waals surface area contributed by atoms with Crippen LogP contribution in [-0.2, 0) is 14.3 Å². The van der Waals surface area contributed by atoms with Crippen molar-refractivity contribution in [1.29, 1.82) is 0 Å². The van der Waals surface area contributed by atoms with Crippen LogP contribution >= 0.6 is 11.3 Å². The number of nitrogens with zero attached hydrogens (tertiary/aromatic N) is 2. The standard InChI is InChI=1S/C24H26N2O6S/c1-31-24(30)17-7-5-16(6-8-17)20-19(21(27)18-4-2-15-33-18)22(28)23(29)26(20)10-3-9-25-11-13-32-14-12-25/h2,4-8,15,20,28H,3,9-14H2,1H3/t20-/m0/s1. The molecule has 2 aliphatic heterocycles. The molecular weight excluding hydrogens is 444 g/mol. The van der Waals surface area contributed by atoms with Gasteiger partial charge in [-0.1, -0.05) is 18.2 Å². The molecule has 1 saturated heterocycles. The Bertz CT molecular complexity index is 1040. The van der Waals surface area contributed by atoms with Crippen molar-refractivity contribution in [2.75, 3.05) is 46.5 Å². The number of hydrogen-bond donors (Lipinski definition) is 1. The topological polar surface area (TPSA) is 96.4 Å². The molecule has 0 saturated carbocycles. The van der Waals surface area contributed by atoms with Gasteiger partial charge in [0.15, 0.2) is 5.76 Å². The third kappa shape index (κ3) is 4.85. The van der Waals surface area contributed by atoms with Crippen molar-refractivity contribution in [2.24, 2.45) is 0 Å². The van der Waals surface area contributed by atoms with Crippen LogP contribution in [-0.4, -0.2) is 79.1 Å². The molecule has 1 N–H and O–H groups in total. The molecule has 2 aliphatic rings. The maximum atomic E-state index is 13.3. The number of ketones is 1. The molecule has 1 atom stereocenters. The number of benzene rings is 1. The van der Waals surface area contributed by atoms with Gasteiger partial charge in [-0.25, -0.2) is 4.79 Å². The molecule has 1 amide bonds. The Morgan fingerprint density at radius 1 is 1.15 bits per heavy atom. The number of hydrogen-bond acceptors (Lipinski definition) is 8. The fourth-order valence-corrected chi connectivity index (χ4v) is 4.89. The van der Waals surface area contributed by atoms with E-state index >= 15 is 0 Å². The maximum absolute atomic E-state index is 13.3. The molecule has 1 fully saturated rings. The predicted octanol–water partition coefficient (Wildman–Crippen LogP) is 2.84. The number of thiophene rings is 1. The van der Waals surface area contributed by atoms with E-state index in [1.165, 1.54) is 18.4 Å². The fraction of sp³-hybridized carbons (Fsp3) is 0.375. The monoisotopic (exact) mass is 470 g/mol. The highest BCUT2D eigenvalue weighted by molar-refractivity contribution is 7.12. The summed E-state index contributed by atoms with van der Waals surface area (Å²) in [6, 6.07) is 9.28. The Morgan fingerprint density at radius 2 is 1.88 bits per heavy atom. The first-order chi connectivity index (χ1) is 16.0. The van der Waals surface area contributed by atoms with Crippen molar-refractivity contribution in [3.8, 4) is 0 Å². The number of rotatable bonds is 8. The van der Waals surface area contributed by atoms with Gasteiger partial charge >= 0.3 is 5.97 Å². The lowest BCUT2D eigenvalue weighted by Crippen LogP contribution is -2.39. The first-order valence-corrected chi connectivity index (χ1v) is 11.7. The lowest BCUT2D eigenvalue weighted by molar-refractivity contribution is -0.129. The van der Waals surface area contributed by atoms with Crippen LogP contribution in [0.3, 0.4) is 0 Å². The summed E-state index contributed by atoms with van der Waals surface area (Å²) in [5.41, 5.74) is 1.08. The number of morpholine rings is 1. The third-order valence-corrected chi connectivity index (χ3v) is 6.79. The van der Waals surface area contributed by atoms with E-state index in [0.29, 0.717) is 42.2 Å². The second-order valence-corrected chi connectivity index (χ2v) is 8.84. The Kier molecular flexibility index (Phi) is 7.22. The zero-order chi connectivity index (χ0) is 23.4. The van der Waals surface area contributed by atoms with E-state index in [2.05, 4.69) is 4.90 Å². The molecule has 1 aromatic heterocycles. The molecule has 8 nitrogen and oxygen atoms in total. The van der Waals surface area contributed by atoms with Crippen LogP contribution in [0.4, 0.5) is 0 Å². The molecule has 0 radical (unpaired) electrons. The maximum Gasteiger partial charge on any atom is 0.337 e. The minimum absolute atomic E-state index is 0.0691. The number of aliphatic hydroxyl groups is 1. The highest BCUT2D eigenvalue weighted by atomic mass is 32.1. The van der Waals surface area contributed by atoms with Gasteiger partial charge in [0.2, 0.25) is 5.78 Å². The van der Waals surface area contributed by atoms with Gasteiger partial charge in [0, 0.05) is 26.2 Å². The van der Waals surface area contributed by atoms with Crippen LogP contribution in [0.25, 0.3) is 0 Å². The molecule has 4 rings (SSSR count). The molecule has 1 aromatic carbocycles. The number of aliphatic hydroxyl groups excluding tert-OH is 1. The van der Waals surface area contributed by atoms with Gasteiger partial charge in [0.25, 0.3) is 5.91 Å². The lowest BCUT2D eigenvalue weighted by atomic mass is 9.94. The second-order valence-electron chi connectivity index (χ2n) is 7.89. The first-order valence-electron chi connectivity index (χ1n) is 10.8. The van der Waals surface area contributed by atoms with Crippen molar-refractivity contribution in [1.82, 2.24) is 9.80 Å². The summed E-state index contributed by atoms with van der Waals surface area (Å²) in [4.78, 5) is 42.4. The molecule has 0 spiro atoms. The van der Waals surface area contributed by atoms with Gasteiger partial charge in [-0.05, 0) is 35.6 Å². The lowest BCUT2D eigenvalue weighted by Gasteiger charge is -2.30. The molecule has 0 aliphatic carbocycles. The van der Waals surface area contributed by atoms with E-state index in [0.717, 1.165) is 19.6 Å². The SMILES string of the molecule is COC(=O)c1ccc([C@H]2C(C(=O)c3cccs3)=C(O)C(=O)N2CCCN2CCOCC2)cc1. The average molecular weight is 471 g/mol. The molecule has 3 heterocycles. The summed E-state index contributed by atoms with van der Waals surface area (Å²) in [6.07, 6.45) is 0.691. The quantitative estimate of drug-likeness (QED) is 0.468. The number of ether oxygens (including phenoxy) is 2. The number of amides is 1. The van der Waals surface area contributed by atoms with Gasteiger partial charge in [-0.15, -0.1) is 11.3 Å². The number of methoxy groups -OCH3 is 1. The highest BCUT2D eigenvalue weighted by Gasteiger charge is 2.43. The largest absolute Gasteiger partial charge is 0.503 e. The summed E-state index contributed by atoms with van der Waals surface area (Å²) < 4.78 is 10.1. The van der Waals surface area contributed by atoms with Crippen LogP contribution < -0.4 is 0 Å².